The Morgan fingerprint density at radius 2 is 2.17 bits per heavy atom. The molecule has 2 N–H and O–H groups in total. The molecule has 1 unspecified atom stereocenters. The lowest BCUT2D eigenvalue weighted by atomic mass is 10.6. The maximum Gasteiger partial charge on any atom is 0.316 e. The van der Waals surface area contributed by atoms with Gasteiger partial charge in [0.1, 0.15) is 0 Å². The molecule has 0 spiro atoms. The number of carbonyl (C=O) groups is 1. The molecule has 70 valence electrons. The zero-order chi connectivity index (χ0) is 9.40. The van der Waals surface area contributed by atoms with Crippen molar-refractivity contribution in [1.29, 1.82) is 0 Å². The van der Waals surface area contributed by atoms with Gasteiger partial charge < -0.3 is 10.6 Å². The first-order valence-corrected chi connectivity index (χ1v) is 4.30. The smallest absolute Gasteiger partial charge is 0.316 e. The maximum absolute atomic E-state index is 10.8. The van der Waals surface area contributed by atoms with Gasteiger partial charge in [-0.25, -0.2) is 4.79 Å². The number of nitrogens with one attached hydrogen (secondary N) is 2. The van der Waals surface area contributed by atoms with Gasteiger partial charge in [-0.2, -0.15) is 0 Å². The van der Waals surface area contributed by atoms with Gasteiger partial charge >= 0.3 is 6.03 Å². The zero-order valence-electron chi connectivity index (χ0n) is 6.22. The fourth-order valence-corrected chi connectivity index (χ4v) is 0.684. The van der Waals surface area contributed by atoms with Gasteiger partial charge in [0.05, 0.1) is 5.88 Å². The number of urea groups is 1. The lowest BCUT2D eigenvalue weighted by Crippen LogP contribution is -2.42. The minimum atomic E-state index is -0.887. The van der Waals surface area contributed by atoms with Crippen molar-refractivity contribution in [3.63, 3.8) is 0 Å². The molecule has 7 heteroatoms. The highest BCUT2D eigenvalue weighted by Crippen LogP contribution is 1.88. The summed E-state index contributed by atoms with van der Waals surface area (Å²) in [5, 5.41) is 7.19. The number of nitrogens with zero attached hydrogens (tertiary/aromatic N) is 1. The summed E-state index contributed by atoms with van der Waals surface area (Å²) < 4.78 is 0. The first-order valence-electron chi connectivity index (χ1n) is 3.23. The van der Waals surface area contributed by atoms with E-state index >= 15 is 0 Å². The van der Waals surface area contributed by atoms with Gasteiger partial charge in [0.15, 0.2) is 6.17 Å². The summed E-state index contributed by atoms with van der Waals surface area (Å²) >= 11 is 10.6. The number of halogens is 2. The molecule has 5 nitrogen and oxygen atoms in total. The molecule has 0 rings (SSSR count). The SMILES string of the molecule is O=NC(CCl)NC(=O)NCCCl. The van der Waals surface area contributed by atoms with Crippen LogP contribution in [0.15, 0.2) is 5.18 Å². The first-order chi connectivity index (χ1) is 5.74. The van der Waals surface area contributed by atoms with Crippen molar-refractivity contribution >= 4 is 29.2 Å². The van der Waals surface area contributed by atoms with Crippen molar-refractivity contribution in [2.75, 3.05) is 18.3 Å². The molecule has 12 heavy (non-hydrogen) atoms. The molecule has 2 amide bonds. The van der Waals surface area contributed by atoms with Gasteiger partial charge in [-0.15, -0.1) is 28.1 Å². The van der Waals surface area contributed by atoms with E-state index in [-0.39, 0.29) is 5.88 Å². The fourth-order valence-electron chi connectivity index (χ4n) is 0.456. The molecule has 0 saturated carbocycles. The molecule has 0 aliphatic heterocycles. The largest absolute Gasteiger partial charge is 0.337 e. The molecule has 0 aromatic rings. The summed E-state index contributed by atoms with van der Waals surface area (Å²) in [5.41, 5.74) is 0. The Morgan fingerprint density at radius 3 is 2.58 bits per heavy atom. The molecule has 0 bridgehead atoms. The Balaban J connectivity index is 3.58. The van der Waals surface area contributed by atoms with Crippen LogP contribution in [0, 0.1) is 4.91 Å². The highest BCUT2D eigenvalue weighted by molar-refractivity contribution is 6.18. The van der Waals surface area contributed by atoms with Crippen LogP contribution in [-0.2, 0) is 0 Å². The second-order valence-electron chi connectivity index (χ2n) is 1.86. The van der Waals surface area contributed by atoms with Crippen LogP contribution in [0.5, 0.6) is 0 Å². The summed E-state index contributed by atoms with van der Waals surface area (Å²) in [6, 6.07) is -0.499. The second-order valence-corrected chi connectivity index (χ2v) is 2.55. The first kappa shape index (κ1) is 11.4. The molecule has 0 radical (unpaired) electrons. The van der Waals surface area contributed by atoms with Crippen LogP contribution in [0.25, 0.3) is 0 Å². The average molecular weight is 214 g/mol. The van der Waals surface area contributed by atoms with Crippen molar-refractivity contribution in [3.05, 3.63) is 4.91 Å². The van der Waals surface area contributed by atoms with E-state index in [0.29, 0.717) is 12.4 Å². The molecule has 0 aromatic heterocycles. The van der Waals surface area contributed by atoms with Crippen LogP contribution in [-0.4, -0.2) is 30.5 Å². The summed E-state index contributed by atoms with van der Waals surface area (Å²) in [6.45, 7) is 0.335. The van der Waals surface area contributed by atoms with Crippen LogP contribution in [0.4, 0.5) is 4.79 Å². The monoisotopic (exact) mass is 213 g/mol. The molecular formula is C5H9Cl2N3O2. The lowest BCUT2D eigenvalue weighted by Gasteiger charge is -2.08. The van der Waals surface area contributed by atoms with Crippen molar-refractivity contribution in [2.45, 2.75) is 6.17 Å². The normalized spacial score (nSPS) is 11.8. The van der Waals surface area contributed by atoms with Gasteiger partial charge in [-0.3, -0.25) is 0 Å². The summed E-state index contributed by atoms with van der Waals surface area (Å²) in [7, 11) is 0. The zero-order valence-corrected chi connectivity index (χ0v) is 7.73. The van der Waals surface area contributed by atoms with Crippen molar-refractivity contribution in [1.82, 2.24) is 10.6 Å². The third kappa shape index (κ3) is 5.15. The van der Waals surface area contributed by atoms with Gasteiger partial charge in [0.2, 0.25) is 0 Å². The minimum absolute atomic E-state index is 0.0439. The lowest BCUT2D eigenvalue weighted by molar-refractivity contribution is 0.239. The molecular weight excluding hydrogens is 205 g/mol. The van der Waals surface area contributed by atoms with Crippen LogP contribution >= 0.6 is 23.2 Å². The van der Waals surface area contributed by atoms with E-state index in [0.717, 1.165) is 0 Å². The molecule has 0 aliphatic carbocycles. The number of hydrogen-bond acceptors (Lipinski definition) is 3. The van der Waals surface area contributed by atoms with E-state index in [4.69, 9.17) is 23.2 Å². The molecule has 0 saturated heterocycles. The van der Waals surface area contributed by atoms with E-state index in [9.17, 15) is 9.70 Å². The number of nitroso groups, excluding NO2 is 1. The third-order valence-corrected chi connectivity index (χ3v) is 1.43. The minimum Gasteiger partial charge on any atom is -0.337 e. The number of carbonyl (C=O) groups excluding carboxylic acids is 1. The van der Waals surface area contributed by atoms with E-state index in [1.165, 1.54) is 0 Å². The summed E-state index contributed by atoms with van der Waals surface area (Å²) in [4.78, 5) is 20.7. The molecule has 1 atom stereocenters. The van der Waals surface area contributed by atoms with Gasteiger partial charge in [0, 0.05) is 12.4 Å². The van der Waals surface area contributed by atoms with Crippen LogP contribution in [0.2, 0.25) is 0 Å². The molecule has 0 fully saturated rings. The Labute approximate surface area is 79.8 Å². The highest BCUT2D eigenvalue weighted by Gasteiger charge is 2.09. The second kappa shape index (κ2) is 7.12. The molecule has 0 heterocycles. The van der Waals surface area contributed by atoms with E-state index in [1.54, 1.807) is 0 Å². The van der Waals surface area contributed by atoms with Crippen LogP contribution in [0.3, 0.4) is 0 Å². The van der Waals surface area contributed by atoms with Crippen molar-refractivity contribution in [3.8, 4) is 0 Å². The van der Waals surface area contributed by atoms with Gasteiger partial charge in [-0.05, 0) is 5.18 Å². The fraction of sp³-hybridized carbons (Fsp3) is 0.800. The van der Waals surface area contributed by atoms with Crippen LogP contribution < -0.4 is 10.6 Å². The Morgan fingerprint density at radius 1 is 1.50 bits per heavy atom. The van der Waals surface area contributed by atoms with E-state index < -0.39 is 12.2 Å². The predicted molar refractivity (Wildman–Crippen MR) is 47.6 cm³/mol. The number of alkyl halides is 2. The number of rotatable bonds is 5. The average Bonchev–Trinajstić information content (AvgIpc) is 2.10. The van der Waals surface area contributed by atoms with Crippen LogP contribution in [0.1, 0.15) is 0 Å². The van der Waals surface area contributed by atoms with E-state index in [2.05, 4.69) is 15.8 Å². The van der Waals surface area contributed by atoms with Gasteiger partial charge in [-0.1, -0.05) is 0 Å². The quantitative estimate of drug-likeness (QED) is 0.526. The Hall–Kier alpha value is -0.550. The summed E-state index contributed by atoms with van der Waals surface area (Å²) in [5.74, 6) is 0.269. The highest BCUT2D eigenvalue weighted by atomic mass is 35.5. The van der Waals surface area contributed by atoms with E-state index in [1.807, 2.05) is 0 Å². The summed E-state index contributed by atoms with van der Waals surface area (Å²) in [6.07, 6.45) is -0.887. The Bertz CT molecular complexity index is 156. The third-order valence-electron chi connectivity index (χ3n) is 0.951. The van der Waals surface area contributed by atoms with Gasteiger partial charge in [0.25, 0.3) is 0 Å². The van der Waals surface area contributed by atoms with Crippen molar-refractivity contribution in [2.24, 2.45) is 5.18 Å². The molecule has 0 aromatic carbocycles. The topological polar surface area (TPSA) is 70.6 Å². The maximum atomic E-state index is 10.8. The molecule has 0 aliphatic rings. The standard InChI is InChI=1S/C5H9Cl2N3O2/c6-1-2-8-5(11)9-4(3-7)10-12/h4H,1-3H2,(H2,8,9,11). The number of hydrogen-bond donors (Lipinski definition) is 2. The number of amides is 2. The Kier molecular flexibility index (Phi) is 6.79. The van der Waals surface area contributed by atoms with Crippen molar-refractivity contribution < 1.29 is 4.79 Å². The predicted octanol–water partition coefficient (Wildman–Crippen LogP) is 0.856.